The normalized spacial score (nSPS) is 23.3. The van der Waals surface area contributed by atoms with Gasteiger partial charge in [0.15, 0.2) is 0 Å². The SMILES string of the molecule is C=CC[C@]1(CO)CCCN(C(=O)CCN(C)S(C)(=O)=O)C1. The maximum absolute atomic E-state index is 12.2. The van der Waals surface area contributed by atoms with Crippen molar-refractivity contribution >= 4 is 15.9 Å². The lowest BCUT2D eigenvalue weighted by molar-refractivity contribution is -0.135. The fourth-order valence-corrected chi connectivity index (χ4v) is 3.09. The number of hydrogen-bond acceptors (Lipinski definition) is 4. The van der Waals surface area contributed by atoms with E-state index in [9.17, 15) is 18.3 Å². The van der Waals surface area contributed by atoms with Gasteiger partial charge in [-0.05, 0) is 19.3 Å². The Morgan fingerprint density at radius 1 is 1.52 bits per heavy atom. The van der Waals surface area contributed by atoms with Crippen molar-refractivity contribution in [1.29, 1.82) is 0 Å². The molecule has 1 saturated heterocycles. The van der Waals surface area contributed by atoms with Gasteiger partial charge in [-0.3, -0.25) is 4.79 Å². The third-order valence-corrected chi connectivity index (χ3v) is 5.45. The summed E-state index contributed by atoms with van der Waals surface area (Å²) in [5.41, 5.74) is -0.293. The molecule has 1 aliphatic heterocycles. The van der Waals surface area contributed by atoms with Crippen LogP contribution in [0.5, 0.6) is 0 Å². The van der Waals surface area contributed by atoms with Crippen LogP contribution in [0.25, 0.3) is 0 Å². The van der Waals surface area contributed by atoms with Crippen LogP contribution in [0.3, 0.4) is 0 Å². The smallest absolute Gasteiger partial charge is 0.223 e. The van der Waals surface area contributed by atoms with Crippen LogP contribution in [0.15, 0.2) is 12.7 Å². The van der Waals surface area contributed by atoms with Gasteiger partial charge in [0, 0.05) is 38.5 Å². The van der Waals surface area contributed by atoms with Gasteiger partial charge in [0.2, 0.25) is 15.9 Å². The van der Waals surface area contributed by atoms with E-state index in [1.807, 2.05) is 0 Å². The maximum atomic E-state index is 12.2. The zero-order valence-corrected chi connectivity index (χ0v) is 13.7. The van der Waals surface area contributed by atoms with E-state index in [-0.39, 0.29) is 30.9 Å². The summed E-state index contributed by atoms with van der Waals surface area (Å²) in [6.45, 7) is 5.11. The number of allylic oxidation sites excluding steroid dienone is 1. The van der Waals surface area contributed by atoms with Crippen molar-refractivity contribution in [2.75, 3.05) is 39.5 Å². The van der Waals surface area contributed by atoms with E-state index in [4.69, 9.17) is 0 Å². The number of rotatable bonds is 7. The van der Waals surface area contributed by atoms with Crippen molar-refractivity contribution in [2.24, 2.45) is 5.41 Å². The van der Waals surface area contributed by atoms with E-state index in [1.165, 1.54) is 11.4 Å². The van der Waals surface area contributed by atoms with Crippen LogP contribution in [-0.2, 0) is 14.8 Å². The van der Waals surface area contributed by atoms with Gasteiger partial charge >= 0.3 is 0 Å². The quantitative estimate of drug-likeness (QED) is 0.691. The highest BCUT2D eigenvalue weighted by molar-refractivity contribution is 7.88. The summed E-state index contributed by atoms with van der Waals surface area (Å²) in [6, 6.07) is 0. The van der Waals surface area contributed by atoms with Crippen molar-refractivity contribution < 1.29 is 18.3 Å². The van der Waals surface area contributed by atoms with Gasteiger partial charge in [-0.15, -0.1) is 6.58 Å². The number of sulfonamides is 1. The van der Waals surface area contributed by atoms with Crippen molar-refractivity contribution in [2.45, 2.75) is 25.7 Å². The number of amides is 1. The van der Waals surface area contributed by atoms with E-state index in [0.717, 1.165) is 19.1 Å². The zero-order chi connectivity index (χ0) is 16.1. The molecule has 0 spiro atoms. The molecule has 1 N–H and O–H groups in total. The van der Waals surface area contributed by atoms with E-state index >= 15 is 0 Å². The summed E-state index contributed by atoms with van der Waals surface area (Å²) in [7, 11) is -1.79. The molecule has 0 unspecified atom stereocenters. The van der Waals surface area contributed by atoms with Crippen LogP contribution in [-0.4, -0.2) is 68.2 Å². The lowest BCUT2D eigenvalue weighted by atomic mass is 9.78. The molecule has 0 bridgehead atoms. The van der Waals surface area contributed by atoms with Gasteiger partial charge in [-0.2, -0.15) is 0 Å². The van der Waals surface area contributed by atoms with E-state index in [1.54, 1.807) is 11.0 Å². The van der Waals surface area contributed by atoms with Crippen LogP contribution in [0, 0.1) is 5.41 Å². The van der Waals surface area contributed by atoms with Crippen LogP contribution in [0.1, 0.15) is 25.7 Å². The average molecular weight is 318 g/mol. The molecule has 0 aromatic heterocycles. The Hall–Kier alpha value is -0.920. The Balaban J connectivity index is 2.60. The molecule has 0 aliphatic carbocycles. The first-order valence-corrected chi connectivity index (χ1v) is 9.00. The second-order valence-electron chi connectivity index (χ2n) is 5.90. The molecule has 122 valence electrons. The first kappa shape index (κ1) is 18.1. The second kappa shape index (κ2) is 7.38. The average Bonchev–Trinajstić information content (AvgIpc) is 2.43. The summed E-state index contributed by atoms with van der Waals surface area (Å²) < 4.78 is 23.8. The van der Waals surface area contributed by atoms with Crippen LogP contribution in [0.4, 0.5) is 0 Å². The molecule has 0 aromatic rings. The minimum atomic E-state index is -3.26. The van der Waals surface area contributed by atoms with Crippen LogP contribution < -0.4 is 0 Å². The summed E-state index contributed by atoms with van der Waals surface area (Å²) in [4.78, 5) is 14.0. The first-order valence-electron chi connectivity index (χ1n) is 7.15. The van der Waals surface area contributed by atoms with E-state index in [0.29, 0.717) is 19.5 Å². The molecule has 6 nitrogen and oxygen atoms in total. The Kier molecular flexibility index (Phi) is 6.37. The molecular formula is C14H26N2O4S. The molecule has 1 rings (SSSR count). The molecule has 1 aliphatic rings. The van der Waals surface area contributed by atoms with Gasteiger partial charge in [-0.25, -0.2) is 12.7 Å². The highest BCUT2D eigenvalue weighted by atomic mass is 32.2. The maximum Gasteiger partial charge on any atom is 0.223 e. The highest BCUT2D eigenvalue weighted by Gasteiger charge is 2.35. The van der Waals surface area contributed by atoms with Gasteiger partial charge in [0.25, 0.3) is 0 Å². The van der Waals surface area contributed by atoms with Crippen molar-refractivity contribution in [3.05, 3.63) is 12.7 Å². The largest absolute Gasteiger partial charge is 0.396 e. The zero-order valence-electron chi connectivity index (χ0n) is 12.9. The predicted octanol–water partition coefficient (Wildman–Crippen LogP) is 0.445. The molecule has 1 heterocycles. The van der Waals surface area contributed by atoms with Gasteiger partial charge in [0.1, 0.15) is 0 Å². The third-order valence-electron chi connectivity index (χ3n) is 4.13. The number of carbonyl (C=O) groups excluding carboxylic acids is 1. The van der Waals surface area contributed by atoms with E-state index in [2.05, 4.69) is 6.58 Å². The summed E-state index contributed by atoms with van der Waals surface area (Å²) >= 11 is 0. The number of piperidine rings is 1. The lowest BCUT2D eigenvalue weighted by Crippen LogP contribution is -2.48. The van der Waals surface area contributed by atoms with Crippen molar-refractivity contribution in [3.8, 4) is 0 Å². The Morgan fingerprint density at radius 2 is 2.19 bits per heavy atom. The first-order chi connectivity index (χ1) is 9.74. The minimum Gasteiger partial charge on any atom is -0.396 e. The van der Waals surface area contributed by atoms with Crippen LogP contribution >= 0.6 is 0 Å². The fourth-order valence-electron chi connectivity index (χ4n) is 2.66. The highest BCUT2D eigenvalue weighted by Crippen LogP contribution is 2.33. The number of hydrogen-bond donors (Lipinski definition) is 1. The standard InChI is InChI=1S/C14H26N2O4S/c1-4-7-14(12-17)8-5-9-16(11-14)13(18)6-10-15(2)21(3,19)20/h4,17H,1,5-12H2,2-3H3/t14-/m0/s1. The Morgan fingerprint density at radius 3 is 2.71 bits per heavy atom. The summed E-state index contributed by atoms with van der Waals surface area (Å²) in [5.74, 6) is -0.0629. The lowest BCUT2D eigenvalue weighted by Gasteiger charge is -2.41. The summed E-state index contributed by atoms with van der Waals surface area (Å²) in [6.07, 6.45) is 5.47. The number of aliphatic hydroxyl groups is 1. The fraction of sp³-hybridized carbons (Fsp3) is 0.786. The topological polar surface area (TPSA) is 77.9 Å². The molecule has 1 atom stereocenters. The van der Waals surface area contributed by atoms with Crippen molar-refractivity contribution in [3.63, 3.8) is 0 Å². The van der Waals surface area contributed by atoms with Crippen LogP contribution in [0.2, 0.25) is 0 Å². The third kappa shape index (κ3) is 5.09. The van der Waals surface area contributed by atoms with Gasteiger partial charge < -0.3 is 10.0 Å². The molecular weight excluding hydrogens is 292 g/mol. The second-order valence-corrected chi connectivity index (χ2v) is 7.99. The van der Waals surface area contributed by atoms with Gasteiger partial charge in [-0.1, -0.05) is 6.08 Å². The molecule has 21 heavy (non-hydrogen) atoms. The molecule has 1 amide bonds. The van der Waals surface area contributed by atoms with E-state index < -0.39 is 10.0 Å². The Labute approximate surface area is 127 Å². The Bertz CT molecular complexity index is 477. The predicted molar refractivity (Wildman–Crippen MR) is 82.2 cm³/mol. The number of likely N-dealkylation sites (tertiary alicyclic amines) is 1. The molecule has 0 radical (unpaired) electrons. The number of carbonyl (C=O) groups is 1. The van der Waals surface area contributed by atoms with Crippen molar-refractivity contribution in [1.82, 2.24) is 9.21 Å². The number of aliphatic hydroxyl groups excluding tert-OH is 1. The number of nitrogens with zero attached hydrogens (tertiary/aromatic N) is 2. The monoisotopic (exact) mass is 318 g/mol. The van der Waals surface area contributed by atoms with Gasteiger partial charge in [0.05, 0.1) is 12.9 Å². The molecule has 0 saturated carbocycles. The summed E-state index contributed by atoms with van der Waals surface area (Å²) in [5, 5.41) is 9.62. The molecule has 1 fully saturated rings. The molecule has 0 aromatic carbocycles. The molecule has 7 heteroatoms. The minimum absolute atomic E-state index is 0.0338.